The summed E-state index contributed by atoms with van der Waals surface area (Å²) in [5, 5.41) is 3.30. The highest BCUT2D eigenvalue weighted by Crippen LogP contribution is 2.20. The molecule has 2 N–H and O–H groups in total. The van der Waals surface area contributed by atoms with E-state index in [-0.39, 0.29) is 10.9 Å². The van der Waals surface area contributed by atoms with Crippen LogP contribution in [0.2, 0.25) is 0 Å². The summed E-state index contributed by atoms with van der Waals surface area (Å²) in [5.41, 5.74) is 0. The third-order valence-corrected chi connectivity index (χ3v) is 5.29. The van der Waals surface area contributed by atoms with E-state index in [2.05, 4.69) is 10.0 Å². The maximum Gasteiger partial charge on any atom is 0.240 e. The first-order chi connectivity index (χ1) is 9.53. The molecule has 1 aromatic carbocycles. The van der Waals surface area contributed by atoms with Gasteiger partial charge < -0.3 is 10.1 Å². The van der Waals surface area contributed by atoms with E-state index in [1.807, 2.05) is 6.92 Å². The number of methoxy groups -OCH3 is 1. The third-order valence-electron chi connectivity index (χ3n) is 3.73. The molecule has 5 nitrogen and oxygen atoms in total. The van der Waals surface area contributed by atoms with Gasteiger partial charge in [0.25, 0.3) is 0 Å². The Labute approximate surface area is 120 Å². The van der Waals surface area contributed by atoms with Crippen molar-refractivity contribution < 1.29 is 13.2 Å². The lowest BCUT2D eigenvalue weighted by Gasteiger charge is -2.28. The fourth-order valence-corrected chi connectivity index (χ4v) is 3.83. The van der Waals surface area contributed by atoms with Crippen LogP contribution in [0.3, 0.4) is 0 Å². The Balaban J connectivity index is 2.09. The van der Waals surface area contributed by atoms with Gasteiger partial charge >= 0.3 is 0 Å². The molecule has 0 spiro atoms. The number of piperidine rings is 1. The van der Waals surface area contributed by atoms with Crippen LogP contribution >= 0.6 is 0 Å². The molecule has 0 saturated carbocycles. The van der Waals surface area contributed by atoms with Crippen molar-refractivity contribution in [2.45, 2.75) is 30.7 Å². The molecule has 0 aliphatic carbocycles. The number of ether oxygens (including phenoxy) is 1. The topological polar surface area (TPSA) is 67.4 Å². The molecule has 20 heavy (non-hydrogen) atoms. The standard InChI is InChI=1S/C14H22N2O3S/c1-11(12-5-4-8-15-10-12)16-20(17,18)14-7-3-6-13(9-14)19-2/h3,6-7,9,11-12,15-16H,4-5,8,10H2,1-2H3. The van der Waals surface area contributed by atoms with Crippen LogP contribution in [0.5, 0.6) is 5.75 Å². The first-order valence-electron chi connectivity index (χ1n) is 6.90. The van der Waals surface area contributed by atoms with Crippen molar-refractivity contribution in [3.05, 3.63) is 24.3 Å². The summed E-state index contributed by atoms with van der Waals surface area (Å²) in [6.07, 6.45) is 2.14. The minimum Gasteiger partial charge on any atom is -0.497 e. The van der Waals surface area contributed by atoms with Crippen LogP contribution in [0, 0.1) is 5.92 Å². The van der Waals surface area contributed by atoms with Gasteiger partial charge in [-0.25, -0.2) is 13.1 Å². The molecule has 1 aliphatic heterocycles. The lowest BCUT2D eigenvalue weighted by atomic mass is 9.94. The van der Waals surface area contributed by atoms with Crippen LogP contribution in [0.15, 0.2) is 29.2 Å². The second-order valence-corrected chi connectivity index (χ2v) is 6.91. The van der Waals surface area contributed by atoms with Gasteiger partial charge in [0, 0.05) is 12.1 Å². The Bertz CT molecular complexity index is 539. The van der Waals surface area contributed by atoms with Gasteiger partial charge in [0.2, 0.25) is 10.0 Å². The first-order valence-corrected chi connectivity index (χ1v) is 8.38. The first kappa shape index (κ1) is 15.3. The predicted molar refractivity (Wildman–Crippen MR) is 78.4 cm³/mol. The van der Waals surface area contributed by atoms with Crippen LogP contribution in [0.25, 0.3) is 0 Å². The minimum absolute atomic E-state index is 0.0843. The quantitative estimate of drug-likeness (QED) is 0.861. The van der Waals surface area contributed by atoms with E-state index in [9.17, 15) is 8.42 Å². The molecule has 2 unspecified atom stereocenters. The zero-order valence-corrected chi connectivity index (χ0v) is 12.7. The van der Waals surface area contributed by atoms with Crippen LogP contribution in [0.1, 0.15) is 19.8 Å². The summed E-state index contributed by atoms with van der Waals surface area (Å²) < 4.78 is 32.6. The normalized spacial score (nSPS) is 21.4. The molecule has 2 atom stereocenters. The Morgan fingerprint density at radius 1 is 1.45 bits per heavy atom. The van der Waals surface area contributed by atoms with Crippen molar-refractivity contribution in [1.29, 1.82) is 0 Å². The molecule has 0 aromatic heterocycles. The summed E-state index contributed by atoms with van der Waals surface area (Å²) in [7, 11) is -1.98. The summed E-state index contributed by atoms with van der Waals surface area (Å²) in [5.74, 6) is 0.879. The average Bonchev–Trinajstić information content (AvgIpc) is 2.48. The number of sulfonamides is 1. The van der Waals surface area contributed by atoms with E-state index in [0.717, 1.165) is 25.9 Å². The molecule has 1 aliphatic rings. The van der Waals surface area contributed by atoms with E-state index >= 15 is 0 Å². The van der Waals surface area contributed by atoms with Gasteiger partial charge in [-0.05, 0) is 50.9 Å². The molecule has 0 bridgehead atoms. The van der Waals surface area contributed by atoms with Gasteiger partial charge in [-0.2, -0.15) is 0 Å². The van der Waals surface area contributed by atoms with Crippen LogP contribution in [0.4, 0.5) is 0 Å². The summed E-state index contributed by atoms with van der Waals surface area (Å²) in [6, 6.07) is 6.44. The molecule has 1 aromatic rings. The fraction of sp³-hybridized carbons (Fsp3) is 0.571. The highest BCUT2D eigenvalue weighted by molar-refractivity contribution is 7.89. The maximum atomic E-state index is 12.4. The molecule has 1 saturated heterocycles. The van der Waals surface area contributed by atoms with Crippen LogP contribution in [-0.2, 0) is 10.0 Å². The Hall–Kier alpha value is -1.11. The van der Waals surface area contributed by atoms with Crippen molar-refractivity contribution in [2.24, 2.45) is 5.92 Å². The van der Waals surface area contributed by atoms with E-state index in [1.54, 1.807) is 18.2 Å². The zero-order chi connectivity index (χ0) is 14.6. The van der Waals surface area contributed by atoms with E-state index in [0.29, 0.717) is 11.7 Å². The zero-order valence-electron chi connectivity index (χ0n) is 11.9. The summed E-state index contributed by atoms with van der Waals surface area (Å²) in [6.45, 7) is 3.81. The van der Waals surface area contributed by atoms with E-state index < -0.39 is 10.0 Å². The van der Waals surface area contributed by atoms with Crippen molar-refractivity contribution in [1.82, 2.24) is 10.0 Å². The second kappa shape index (κ2) is 6.56. The Morgan fingerprint density at radius 2 is 2.25 bits per heavy atom. The van der Waals surface area contributed by atoms with Crippen molar-refractivity contribution in [2.75, 3.05) is 20.2 Å². The monoisotopic (exact) mass is 298 g/mol. The van der Waals surface area contributed by atoms with Gasteiger partial charge in [0.15, 0.2) is 0 Å². The highest BCUT2D eigenvalue weighted by Gasteiger charge is 2.25. The van der Waals surface area contributed by atoms with Crippen molar-refractivity contribution >= 4 is 10.0 Å². The Morgan fingerprint density at radius 3 is 2.90 bits per heavy atom. The highest BCUT2D eigenvalue weighted by atomic mass is 32.2. The predicted octanol–water partition coefficient (Wildman–Crippen LogP) is 1.36. The lowest BCUT2D eigenvalue weighted by Crippen LogP contribution is -2.44. The molecular weight excluding hydrogens is 276 g/mol. The van der Waals surface area contributed by atoms with Crippen molar-refractivity contribution in [3.63, 3.8) is 0 Å². The molecule has 1 heterocycles. The minimum atomic E-state index is -3.50. The van der Waals surface area contributed by atoms with Gasteiger partial charge in [0.1, 0.15) is 5.75 Å². The molecule has 6 heteroatoms. The van der Waals surface area contributed by atoms with Crippen LogP contribution in [-0.4, -0.2) is 34.7 Å². The fourth-order valence-electron chi connectivity index (χ4n) is 2.48. The second-order valence-electron chi connectivity index (χ2n) is 5.20. The molecule has 112 valence electrons. The molecular formula is C14H22N2O3S. The maximum absolute atomic E-state index is 12.4. The number of benzene rings is 1. The van der Waals surface area contributed by atoms with Crippen LogP contribution < -0.4 is 14.8 Å². The third kappa shape index (κ3) is 3.71. The van der Waals surface area contributed by atoms with E-state index in [1.165, 1.54) is 13.2 Å². The number of nitrogens with one attached hydrogen (secondary N) is 2. The van der Waals surface area contributed by atoms with Crippen molar-refractivity contribution in [3.8, 4) is 5.75 Å². The van der Waals surface area contributed by atoms with Gasteiger partial charge in [-0.1, -0.05) is 6.07 Å². The number of rotatable bonds is 5. The average molecular weight is 298 g/mol. The van der Waals surface area contributed by atoms with Gasteiger partial charge in [-0.3, -0.25) is 0 Å². The largest absolute Gasteiger partial charge is 0.497 e. The smallest absolute Gasteiger partial charge is 0.240 e. The molecule has 0 radical (unpaired) electrons. The lowest BCUT2D eigenvalue weighted by molar-refractivity contribution is 0.320. The summed E-state index contributed by atoms with van der Waals surface area (Å²) in [4.78, 5) is 0.243. The van der Waals surface area contributed by atoms with Gasteiger partial charge in [-0.15, -0.1) is 0 Å². The molecule has 2 rings (SSSR count). The Kier molecular flexibility index (Phi) is 5.01. The summed E-state index contributed by atoms with van der Waals surface area (Å²) >= 11 is 0. The van der Waals surface area contributed by atoms with E-state index in [4.69, 9.17) is 4.74 Å². The number of hydrogen-bond donors (Lipinski definition) is 2. The van der Waals surface area contributed by atoms with Gasteiger partial charge in [0.05, 0.1) is 12.0 Å². The SMILES string of the molecule is COc1cccc(S(=O)(=O)NC(C)C2CCCNC2)c1. The molecule has 1 fully saturated rings. The molecule has 0 amide bonds. The number of hydrogen-bond acceptors (Lipinski definition) is 4.